The Kier molecular flexibility index (Phi) is 8.16. The third kappa shape index (κ3) is 5.18. The smallest absolute Gasteiger partial charge is 0.252 e. The Labute approximate surface area is 146 Å². The van der Waals surface area contributed by atoms with Crippen LogP contribution in [0.4, 0.5) is 0 Å². The molecular weight excluding hydrogens is 304 g/mol. The van der Waals surface area contributed by atoms with Crippen molar-refractivity contribution in [2.45, 2.75) is 53.4 Å². The molecule has 1 aliphatic heterocycles. The van der Waals surface area contributed by atoms with Gasteiger partial charge in [-0.25, -0.2) is 0 Å². The summed E-state index contributed by atoms with van der Waals surface area (Å²) < 4.78 is 0. The molecule has 0 spiro atoms. The van der Waals surface area contributed by atoms with Crippen LogP contribution in [0, 0.1) is 17.8 Å². The highest BCUT2D eigenvalue weighted by Gasteiger charge is 2.35. The van der Waals surface area contributed by atoms with E-state index in [1.54, 1.807) is 0 Å². The Balaban J connectivity index is 0.00000139. The van der Waals surface area contributed by atoms with Crippen LogP contribution in [-0.2, 0) is 14.4 Å². The van der Waals surface area contributed by atoms with Crippen molar-refractivity contribution in [3.05, 3.63) is 12.7 Å². The van der Waals surface area contributed by atoms with E-state index < -0.39 is 0 Å². The summed E-state index contributed by atoms with van der Waals surface area (Å²) in [5.74, 6) is 0.784. The molecule has 0 atom stereocenters. The summed E-state index contributed by atoms with van der Waals surface area (Å²) in [5, 5.41) is 0. The van der Waals surface area contributed by atoms with Crippen LogP contribution in [0.2, 0.25) is 0 Å². The fourth-order valence-electron chi connectivity index (χ4n) is 3.47. The monoisotopic (exact) mass is 336 g/mol. The minimum atomic E-state index is -0.333. The predicted octanol–water partition coefficient (Wildman–Crippen LogP) is 2.86. The van der Waals surface area contributed by atoms with Crippen LogP contribution >= 0.6 is 0 Å². The van der Waals surface area contributed by atoms with Crippen molar-refractivity contribution < 1.29 is 14.4 Å². The number of hydrogen-bond acceptors (Lipinski definition) is 3. The topological polar surface area (TPSA) is 57.7 Å². The zero-order chi connectivity index (χ0) is 18.3. The molecule has 24 heavy (non-hydrogen) atoms. The zero-order valence-corrected chi connectivity index (χ0v) is 15.6. The first kappa shape index (κ1) is 20.4. The number of rotatable bonds is 4. The van der Waals surface area contributed by atoms with Gasteiger partial charge >= 0.3 is 0 Å². The van der Waals surface area contributed by atoms with Crippen molar-refractivity contribution in [1.29, 1.82) is 0 Å². The van der Waals surface area contributed by atoms with Gasteiger partial charge in [0, 0.05) is 32.5 Å². The summed E-state index contributed by atoms with van der Waals surface area (Å²) in [6.45, 7) is 13.2. The van der Waals surface area contributed by atoms with E-state index in [0.717, 1.165) is 38.8 Å². The minimum Gasteiger partial charge on any atom is -0.342 e. The molecule has 5 nitrogen and oxygen atoms in total. The van der Waals surface area contributed by atoms with Gasteiger partial charge in [-0.05, 0) is 43.6 Å². The number of carbonyl (C=O) groups is 3. The lowest BCUT2D eigenvalue weighted by Crippen LogP contribution is -2.51. The summed E-state index contributed by atoms with van der Waals surface area (Å²) >= 11 is 0. The molecule has 0 N–H and O–H groups in total. The van der Waals surface area contributed by atoms with Crippen molar-refractivity contribution in [2.75, 3.05) is 19.6 Å². The van der Waals surface area contributed by atoms with Crippen LogP contribution in [-0.4, -0.2) is 47.2 Å². The van der Waals surface area contributed by atoms with Crippen molar-refractivity contribution in [3.63, 3.8) is 0 Å². The second-order valence-corrected chi connectivity index (χ2v) is 6.74. The Morgan fingerprint density at radius 2 is 1.67 bits per heavy atom. The largest absolute Gasteiger partial charge is 0.342 e. The highest BCUT2D eigenvalue weighted by Crippen LogP contribution is 2.32. The van der Waals surface area contributed by atoms with Gasteiger partial charge < -0.3 is 4.90 Å². The molecule has 2 rings (SSSR count). The molecule has 1 saturated heterocycles. The second kappa shape index (κ2) is 9.60. The van der Waals surface area contributed by atoms with E-state index in [0.29, 0.717) is 24.3 Å². The highest BCUT2D eigenvalue weighted by atomic mass is 16.2. The normalized spacial score (nSPS) is 23.4. The van der Waals surface area contributed by atoms with E-state index in [9.17, 15) is 14.4 Å². The first-order valence-corrected chi connectivity index (χ1v) is 9.15. The van der Waals surface area contributed by atoms with Crippen molar-refractivity contribution >= 4 is 17.7 Å². The lowest BCUT2D eigenvalue weighted by atomic mass is 9.80. The molecule has 2 fully saturated rings. The van der Waals surface area contributed by atoms with Gasteiger partial charge in [-0.2, -0.15) is 0 Å². The SMILES string of the molecule is C=CC(=O)N(CC1CCC(C(=O)N2CC(C)C2)CC1)C(C)=O.CC. The van der Waals surface area contributed by atoms with E-state index in [1.807, 2.05) is 18.7 Å². The molecule has 5 heteroatoms. The molecule has 0 unspecified atom stereocenters. The highest BCUT2D eigenvalue weighted by molar-refractivity contribution is 5.99. The molecule has 3 amide bonds. The van der Waals surface area contributed by atoms with Crippen LogP contribution in [0.15, 0.2) is 12.7 Å². The summed E-state index contributed by atoms with van der Waals surface area (Å²) in [6, 6.07) is 0. The average molecular weight is 336 g/mol. The summed E-state index contributed by atoms with van der Waals surface area (Å²) in [7, 11) is 0. The van der Waals surface area contributed by atoms with Gasteiger partial charge in [0.2, 0.25) is 11.8 Å². The molecule has 0 bridgehead atoms. The quantitative estimate of drug-likeness (QED) is 0.742. The van der Waals surface area contributed by atoms with Gasteiger partial charge in [0.1, 0.15) is 0 Å². The van der Waals surface area contributed by atoms with Crippen LogP contribution < -0.4 is 0 Å². The van der Waals surface area contributed by atoms with Crippen molar-refractivity contribution in [1.82, 2.24) is 9.80 Å². The molecular formula is C19H32N2O3. The Bertz CT molecular complexity index is 461. The molecule has 2 aliphatic rings. The van der Waals surface area contributed by atoms with Gasteiger partial charge in [-0.3, -0.25) is 19.3 Å². The maximum Gasteiger partial charge on any atom is 0.252 e. The lowest BCUT2D eigenvalue weighted by Gasteiger charge is -2.41. The number of hydrogen-bond donors (Lipinski definition) is 0. The summed E-state index contributed by atoms with van der Waals surface area (Å²) in [6.07, 6.45) is 4.70. The minimum absolute atomic E-state index is 0.129. The summed E-state index contributed by atoms with van der Waals surface area (Å²) in [4.78, 5) is 38.8. The number of amides is 3. The fourth-order valence-corrected chi connectivity index (χ4v) is 3.47. The lowest BCUT2D eigenvalue weighted by molar-refractivity contribution is -0.145. The molecule has 0 radical (unpaired) electrons. The van der Waals surface area contributed by atoms with E-state index in [-0.39, 0.29) is 17.7 Å². The number of imide groups is 1. The molecule has 1 aliphatic carbocycles. The molecule has 1 heterocycles. The van der Waals surface area contributed by atoms with Crippen LogP contribution in [0.5, 0.6) is 0 Å². The molecule has 1 saturated carbocycles. The third-order valence-corrected chi connectivity index (χ3v) is 4.83. The molecule has 136 valence electrons. The van der Waals surface area contributed by atoms with Gasteiger partial charge in [0.25, 0.3) is 5.91 Å². The van der Waals surface area contributed by atoms with Gasteiger partial charge in [-0.1, -0.05) is 27.4 Å². The number of likely N-dealkylation sites (tertiary alicyclic amines) is 1. The standard InChI is InChI=1S/C17H26N2O3.C2H6/c1-4-16(21)19(13(3)20)11-14-5-7-15(8-6-14)17(22)18-9-12(2)10-18;1-2/h4,12,14-15H,1,5-11H2,2-3H3;1-2H3. The Morgan fingerprint density at radius 1 is 1.12 bits per heavy atom. The molecule has 0 aromatic rings. The third-order valence-electron chi connectivity index (χ3n) is 4.83. The summed E-state index contributed by atoms with van der Waals surface area (Å²) in [5.41, 5.74) is 0. The van der Waals surface area contributed by atoms with Crippen LogP contribution in [0.3, 0.4) is 0 Å². The number of carbonyl (C=O) groups excluding carboxylic acids is 3. The Hall–Kier alpha value is -1.65. The van der Waals surface area contributed by atoms with Gasteiger partial charge in [0.05, 0.1) is 0 Å². The average Bonchev–Trinajstić information content (AvgIpc) is 2.57. The van der Waals surface area contributed by atoms with Crippen molar-refractivity contribution in [2.24, 2.45) is 17.8 Å². The maximum atomic E-state index is 12.3. The van der Waals surface area contributed by atoms with Gasteiger partial charge in [-0.15, -0.1) is 0 Å². The number of nitrogens with zero attached hydrogens (tertiary/aromatic N) is 2. The van der Waals surface area contributed by atoms with Crippen molar-refractivity contribution in [3.8, 4) is 0 Å². The van der Waals surface area contributed by atoms with E-state index in [1.165, 1.54) is 17.9 Å². The van der Waals surface area contributed by atoms with E-state index in [4.69, 9.17) is 0 Å². The fraction of sp³-hybridized carbons (Fsp3) is 0.737. The van der Waals surface area contributed by atoms with Crippen LogP contribution in [0.25, 0.3) is 0 Å². The van der Waals surface area contributed by atoms with Gasteiger partial charge in [0.15, 0.2) is 0 Å². The van der Waals surface area contributed by atoms with E-state index in [2.05, 4.69) is 13.5 Å². The Morgan fingerprint density at radius 3 is 2.08 bits per heavy atom. The predicted molar refractivity (Wildman–Crippen MR) is 95.1 cm³/mol. The van der Waals surface area contributed by atoms with E-state index >= 15 is 0 Å². The second-order valence-electron chi connectivity index (χ2n) is 6.74. The maximum absolute atomic E-state index is 12.3. The first-order chi connectivity index (χ1) is 11.4. The molecule has 0 aromatic heterocycles. The first-order valence-electron chi connectivity index (χ1n) is 9.15. The van der Waals surface area contributed by atoms with Crippen LogP contribution in [0.1, 0.15) is 53.4 Å². The molecule has 0 aromatic carbocycles. The zero-order valence-electron chi connectivity index (χ0n) is 15.6.